The van der Waals surface area contributed by atoms with Gasteiger partial charge in [-0.25, -0.2) is 4.98 Å². The summed E-state index contributed by atoms with van der Waals surface area (Å²) in [6.07, 6.45) is -1.23. The van der Waals surface area contributed by atoms with Crippen LogP contribution >= 0.6 is 0 Å². The predicted molar refractivity (Wildman–Crippen MR) is 92.6 cm³/mol. The molecule has 2 aromatic carbocycles. The van der Waals surface area contributed by atoms with Gasteiger partial charge in [-0.2, -0.15) is 13.2 Å². The molecule has 1 aromatic heterocycles. The van der Waals surface area contributed by atoms with Crippen LogP contribution in [0.25, 0.3) is 0 Å². The van der Waals surface area contributed by atoms with Crippen molar-refractivity contribution in [3.63, 3.8) is 0 Å². The van der Waals surface area contributed by atoms with Crippen molar-refractivity contribution in [2.24, 2.45) is 0 Å². The number of benzene rings is 2. The van der Waals surface area contributed by atoms with E-state index in [4.69, 9.17) is 0 Å². The molecule has 1 atom stereocenters. The molecule has 3 rings (SSSR count). The van der Waals surface area contributed by atoms with Gasteiger partial charge in [0, 0.05) is 18.9 Å². The molecule has 3 aromatic rings. The van der Waals surface area contributed by atoms with Crippen LogP contribution < -0.4 is 0 Å². The molecule has 0 aliphatic rings. The average Bonchev–Trinajstić information content (AvgIpc) is 3.03. The lowest BCUT2D eigenvalue weighted by Gasteiger charge is -2.27. The maximum absolute atomic E-state index is 13.2. The molecule has 0 aliphatic heterocycles. The van der Waals surface area contributed by atoms with Crippen LogP contribution in [0.5, 0.6) is 0 Å². The molecule has 0 spiro atoms. The summed E-state index contributed by atoms with van der Waals surface area (Å²) in [5.41, 5.74) is -1.23. The van der Waals surface area contributed by atoms with Crippen molar-refractivity contribution in [2.75, 3.05) is 0 Å². The Balaban J connectivity index is 2.04. The molecular formula is C20H19F3N2O. The number of rotatable bonds is 4. The Bertz CT molecular complexity index is 899. The molecule has 136 valence electrons. The lowest BCUT2D eigenvalue weighted by molar-refractivity contribution is -0.138. The molecule has 0 saturated heterocycles. The minimum Gasteiger partial charge on any atom is -0.377 e. The number of imidazole rings is 1. The first-order valence-electron chi connectivity index (χ1n) is 8.16. The average molecular weight is 360 g/mol. The summed E-state index contributed by atoms with van der Waals surface area (Å²) in [5, 5.41) is 11.1. The normalized spacial score (nSPS) is 14.2. The van der Waals surface area contributed by atoms with Gasteiger partial charge in [-0.05, 0) is 36.6 Å². The van der Waals surface area contributed by atoms with Gasteiger partial charge >= 0.3 is 6.18 Å². The third kappa shape index (κ3) is 3.37. The van der Waals surface area contributed by atoms with E-state index in [0.717, 1.165) is 11.6 Å². The van der Waals surface area contributed by atoms with Gasteiger partial charge in [0.25, 0.3) is 0 Å². The Kier molecular flexibility index (Phi) is 4.63. The van der Waals surface area contributed by atoms with Crippen molar-refractivity contribution in [1.29, 1.82) is 0 Å². The summed E-state index contributed by atoms with van der Waals surface area (Å²) in [7, 11) is 0. The quantitative estimate of drug-likeness (QED) is 0.743. The van der Waals surface area contributed by atoms with E-state index in [1.165, 1.54) is 32.2 Å². The molecule has 1 heterocycles. The Hall–Kier alpha value is -2.60. The van der Waals surface area contributed by atoms with E-state index in [1.54, 1.807) is 10.8 Å². The van der Waals surface area contributed by atoms with E-state index >= 15 is 0 Å². The molecule has 1 unspecified atom stereocenters. The molecular weight excluding hydrogens is 341 g/mol. The molecule has 6 heteroatoms. The maximum atomic E-state index is 13.2. The van der Waals surface area contributed by atoms with Gasteiger partial charge < -0.3 is 9.67 Å². The Labute approximate surface area is 149 Å². The van der Waals surface area contributed by atoms with Gasteiger partial charge in [0.05, 0.1) is 5.56 Å². The first kappa shape index (κ1) is 18.2. The van der Waals surface area contributed by atoms with Crippen LogP contribution in [0.2, 0.25) is 0 Å². The minimum atomic E-state index is -4.48. The number of hydrogen-bond acceptors (Lipinski definition) is 2. The summed E-state index contributed by atoms with van der Waals surface area (Å²) < 4.78 is 41.4. The van der Waals surface area contributed by atoms with Crippen molar-refractivity contribution in [1.82, 2.24) is 9.55 Å². The van der Waals surface area contributed by atoms with Crippen LogP contribution in [0.4, 0.5) is 13.2 Å². The molecule has 3 nitrogen and oxygen atoms in total. The second-order valence-corrected chi connectivity index (χ2v) is 6.41. The summed E-state index contributed by atoms with van der Waals surface area (Å²) in [6, 6.07) is 13.4. The van der Waals surface area contributed by atoms with Gasteiger partial charge in [0.2, 0.25) is 0 Å². The highest BCUT2D eigenvalue weighted by atomic mass is 19.4. The van der Waals surface area contributed by atoms with Crippen LogP contribution in [0.15, 0.2) is 60.9 Å². The van der Waals surface area contributed by atoms with E-state index in [1.807, 2.05) is 30.3 Å². The lowest BCUT2D eigenvalue weighted by atomic mass is 9.88. The van der Waals surface area contributed by atoms with Crippen LogP contribution in [-0.2, 0) is 18.3 Å². The number of aliphatic hydroxyl groups is 1. The van der Waals surface area contributed by atoms with E-state index in [0.29, 0.717) is 12.4 Å². The Morgan fingerprint density at radius 3 is 2.31 bits per heavy atom. The Morgan fingerprint density at radius 1 is 1.00 bits per heavy atom. The van der Waals surface area contributed by atoms with Gasteiger partial charge in [-0.15, -0.1) is 0 Å². The zero-order chi connectivity index (χ0) is 18.9. The zero-order valence-corrected chi connectivity index (χ0v) is 14.5. The smallest absolute Gasteiger partial charge is 0.377 e. The van der Waals surface area contributed by atoms with Crippen LogP contribution in [0, 0.1) is 6.92 Å². The molecule has 26 heavy (non-hydrogen) atoms. The van der Waals surface area contributed by atoms with Crippen molar-refractivity contribution < 1.29 is 18.3 Å². The van der Waals surface area contributed by atoms with Crippen molar-refractivity contribution in [3.8, 4) is 0 Å². The highest BCUT2D eigenvalue weighted by Gasteiger charge is 2.38. The first-order chi connectivity index (χ1) is 12.2. The van der Waals surface area contributed by atoms with Crippen LogP contribution in [-0.4, -0.2) is 14.7 Å². The predicted octanol–water partition coefficient (Wildman–Crippen LogP) is 4.51. The fourth-order valence-corrected chi connectivity index (χ4v) is 3.23. The van der Waals surface area contributed by atoms with Gasteiger partial charge in [-0.1, -0.05) is 42.5 Å². The third-order valence-corrected chi connectivity index (χ3v) is 4.51. The topological polar surface area (TPSA) is 38.1 Å². The minimum absolute atomic E-state index is 0.000684. The molecule has 0 amide bonds. The third-order valence-electron chi connectivity index (χ3n) is 4.51. The summed E-state index contributed by atoms with van der Waals surface area (Å²) in [5.74, 6) is 0.295. The molecule has 0 radical (unpaired) electrons. The monoisotopic (exact) mass is 360 g/mol. The summed E-state index contributed by atoms with van der Waals surface area (Å²) >= 11 is 0. The molecule has 1 N–H and O–H groups in total. The lowest BCUT2D eigenvalue weighted by Crippen LogP contribution is -2.29. The molecule has 0 aliphatic carbocycles. The van der Waals surface area contributed by atoms with E-state index in [2.05, 4.69) is 4.98 Å². The molecule has 0 bridgehead atoms. The number of halogens is 3. The van der Waals surface area contributed by atoms with Gasteiger partial charge in [-0.3, -0.25) is 0 Å². The molecule has 0 saturated carbocycles. The fourth-order valence-electron chi connectivity index (χ4n) is 3.23. The second kappa shape index (κ2) is 6.61. The van der Waals surface area contributed by atoms with Gasteiger partial charge in [0.15, 0.2) is 0 Å². The number of nitrogens with zero attached hydrogens (tertiary/aromatic N) is 2. The van der Waals surface area contributed by atoms with Gasteiger partial charge in [0.1, 0.15) is 11.4 Å². The maximum Gasteiger partial charge on any atom is 0.416 e. The zero-order valence-electron chi connectivity index (χ0n) is 14.5. The first-order valence-corrected chi connectivity index (χ1v) is 8.16. The number of alkyl halides is 3. The van der Waals surface area contributed by atoms with Crippen molar-refractivity contribution >= 4 is 0 Å². The number of hydrogen-bond donors (Lipinski definition) is 1. The molecule has 0 fully saturated rings. The van der Waals surface area contributed by atoms with E-state index in [-0.39, 0.29) is 11.1 Å². The number of aromatic nitrogens is 2. The van der Waals surface area contributed by atoms with Crippen molar-refractivity contribution in [2.45, 2.75) is 32.2 Å². The van der Waals surface area contributed by atoms with E-state index < -0.39 is 17.3 Å². The summed E-state index contributed by atoms with van der Waals surface area (Å²) in [6.45, 7) is 3.31. The SMILES string of the molecule is Cc1c(C(F)(F)F)cccc1C(C)(O)c1nccn1Cc1ccccc1. The standard InChI is InChI=1S/C20H19F3N2O/c1-14-16(9-6-10-17(14)20(21,22)23)19(2,26)18-24-11-12-25(18)13-15-7-4-3-5-8-15/h3-12,26H,13H2,1-2H3. The highest BCUT2D eigenvalue weighted by molar-refractivity contribution is 5.42. The van der Waals surface area contributed by atoms with Crippen LogP contribution in [0.1, 0.15) is 35.0 Å². The highest BCUT2D eigenvalue weighted by Crippen LogP contribution is 2.38. The second-order valence-electron chi connectivity index (χ2n) is 6.41. The Morgan fingerprint density at radius 2 is 1.65 bits per heavy atom. The van der Waals surface area contributed by atoms with Crippen LogP contribution in [0.3, 0.4) is 0 Å². The fraction of sp³-hybridized carbons (Fsp3) is 0.250. The van der Waals surface area contributed by atoms with E-state index in [9.17, 15) is 18.3 Å². The van der Waals surface area contributed by atoms with Crippen molar-refractivity contribution in [3.05, 3.63) is 89.0 Å². The summed E-state index contributed by atoms with van der Waals surface area (Å²) in [4.78, 5) is 4.23. The largest absolute Gasteiger partial charge is 0.416 e.